The summed E-state index contributed by atoms with van der Waals surface area (Å²) in [6.45, 7) is 4.18. The van der Waals surface area contributed by atoms with Crippen LogP contribution in [0.2, 0.25) is 0 Å². The Kier molecular flexibility index (Phi) is 5.12. The van der Waals surface area contributed by atoms with Gasteiger partial charge in [0.25, 0.3) is 0 Å². The molecular formula is C23H26. The quantitative estimate of drug-likeness (QED) is 0.470. The normalized spacial score (nSPS) is 13.0. The van der Waals surface area contributed by atoms with Crippen LogP contribution < -0.4 is 0 Å². The van der Waals surface area contributed by atoms with E-state index < -0.39 is 0 Å². The number of rotatable bonds is 6. The van der Waals surface area contributed by atoms with Gasteiger partial charge in [-0.25, -0.2) is 0 Å². The van der Waals surface area contributed by atoms with E-state index in [0.29, 0.717) is 0 Å². The van der Waals surface area contributed by atoms with Crippen molar-refractivity contribution in [2.75, 3.05) is 0 Å². The molecule has 0 saturated carbocycles. The van der Waals surface area contributed by atoms with Crippen molar-refractivity contribution < 1.29 is 0 Å². The highest BCUT2D eigenvalue weighted by molar-refractivity contribution is 5.77. The van der Waals surface area contributed by atoms with Gasteiger partial charge in [-0.3, -0.25) is 0 Å². The molecule has 0 spiro atoms. The molecule has 0 heteroatoms. The van der Waals surface area contributed by atoms with E-state index in [-0.39, 0.29) is 0 Å². The molecule has 0 N–H and O–H groups in total. The first kappa shape index (κ1) is 15.8. The Hall–Kier alpha value is -2.08. The first-order chi connectivity index (χ1) is 11.3. The lowest BCUT2D eigenvalue weighted by molar-refractivity contribution is 0.991. The maximum atomic E-state index is 2.42. The van der Waals surface area contributed by atoms with Gasteiger partial charge in [0.1, 0.15) is 0 Å². The molecule has 0 saturated heterocycles. The van der Waals surface area contributed by atoms with Gasteiger partial charge >= 0.3 is 0 Å². The van der Waals surface area contributed by atoms with Gasteiger partial charge in [-0.1, -0.05) is 60.7 Å². The zero-order valence-corrected chi connectivity index (χ0v) is 14.3. The predicted molar refractivity (Wildman–Crippen MR) is 101 cm³/mol. The fourth-order valence-corrected chi connectivity index (χ4v) is 3.46. The van der Waals surface area contributed by atoms with E-state index in [1.807, 2.05) is 0 Å². The van der Waals surface area contributed by atoms with Crippen LogP contribution in [0.15, 0.2) is 60.7 Å². The highest BCUT2D eigenvalue weighted by Gasteiger charge is 2.18. The van der Waals surface area contributed by atoms with Gasteiger partial charge in [-0.15, -0.1) is 0 Å². The lowest BCUT2D eigenvalue weighted by Gasteiger charge is -2.05. The Morgan fingerprint density at radius 3 is 1.65 bits per heavy atom. The molecule has 0 fully saturated rings. The first-order valence-electron chi connectivity index (χ1n) is 8.78. The number of fused-ring (bicyclic) bond motifs is 3. The van der Waals surface area contributed by atoms with Gasteiger partial charge in [0.15, 0.2) is 0 Å². The predicted octanol–water partition coefficient (Wildman–Crippen LogP) is 6.28. The Balaban J connectivity index is 1.77. The lowest BCUT2D eigenvalue weighted by Crippen LogP contribution is -1.88. The molecule has 0 heterocycles. The van der Waals surface area contributed by atoms with E-state index in [1.165, 1.54) is 33.4 Å². The van der Waals surface area contributed by atoms with Crippen LogP contribution in [-0.4, -0.2) is 0 Å². The molecule has 23 heavy (non-hydrogen) atoms. The highest BCUT2D eigenvalue weighted by Crippen LogP contribution is 2.37. The Bertz CT molecular complexity index is 668. The summed E-state index contributed by atoms with van der Waals surface area (Å²) in [6, 6.07) is 14.1. The molecule has 2 aromatic carbocycles. The standard InChI is InChI=1S/C23H26/c1-3-5-7-9-18-11-13-22-20(15-18)17-21-16-19(10-8-6-4-2)12-14-23(21)22/h3-6,11-16H,7-10,17H2,1-2H3/b5-3+,6-4+. The topological polar surface area (TPSA) is 0 Å². The van der Waals surface area contributed by atoms with Crippen LogP contribution in [0.25, 0.3) is 11.1 Å². The lowest BCUT2D eigenvalue weighted by atomic mass is 10.00. The Morgan fingerprint density at radius 2 is 1.22 bits per heavy atom. The zero-order valence-electron chi connectivity index (χ0n) is 14.3. The maximum absolute atomic E-state index is 2.42. The molecule has 0 radical (unpaired) electrons. The fourth-order valence-electron chi connectivity index (χ4n) is 3.46. The summed E-state index contributed by atoms with van der Waals surface area (Å²) in [5.41, 5.74) is 8.81. The second-order valence-electron chi connectivity index (χ2n) is 6.38. The molecule has 1 aliphatic rings. The monoisotopic (exact) mass is 302 g/mol. The number of hydrogen-bond donors (Lipinski definition) is 0. The van der Waals surface area contributed by atoms with Crippen LogP contribution >= 0.6 is 0 Å². The summed E-state index contributed by atoms with van der Waals surface area (Å²) in [7, 11) is 0. The molecule has 0 amide bonds. The summed E-state index contributed by atoms with van der Waals surface area (Å²) in [5, 5.41) is 0. The van der Waals surface area contributed by atoms with Gasteiger partial charge in [0.05, 0.1) is 0 Å². The molecular weight excluding hydrogens is 276 g/mol. The van der Waals surface area contributed by atoms with Crippen molar-refractivity contribution in [3.8, 4) is 11.1 Å². The molecule has 0 aliphatic heterocycles. The largest absolute Gasteiger partial charge is 0.0917 e. The zero-order chi connectivity index (χ0) is 16.1. The molecule has 0 bridgehead atoms. The second-order valence-corrected chi connectivity index (χ2v) is 6.38. The van der Waals surface area contributed by atoms with Crippen molar-refractivity contribution in [3.63, 3.8) is 0 Å². The summed E-state index contributed by atoms with van der Waals surface area (Å²) in [5.74, 6) is 0. The SMILES string of the molecule is C/C=C/CCc1ccc2c(c1)Cc1cc(CC/C=C/C)ccc1-2. The minimum atomic E-state index is 1.10. The Morgan fingerprint density at radius 1 is 0.739 bits per heavy atom. The van der Waals surface area contributed by atoms with Crippen molar-refractivity contribution in [2.45, 2.75) is 46.0 Å². The fraction of sp³-hybridized carbons (Fsp3) is 0.304. The van der Waals surface area contributed by atoms with Gasteiger partial charge in [0.2, 0.25) is 0 Å². The number of hydrogen-bond acceptors (Lipinski definition) is 0. The molecule has 3 rings (SSSR count). The van der Waals surface area contributed by atoms with E-state index in [2.05, 4.69) is 74.5 Å². The summed E-state index contributed by atoms with van der Waals surface area (Å²) < 4.78 is 0. The minimum Gasteiger partial charge on any atom is -0.0917 e. The molecule has 2 aromatic rings. The van der Waals surface area contributed by atoms with E-state index in [4.69, 9.17) is 0 Å². The van der Waals surface area contributed by atoms with Crippen molar-refractivity contribution in [1.29, 1.82) is 0 Å². The van der Waals surface area contributed by atoms with Gasteiger partial charge < -0.3 is 0 Å². The van der Waals surface area contributed by atoms with Crippen molar-refractivity contribution >= 4 is 0 Å². The van der Waals surface area contributed by atoms with Crippen LogP contribution in [0.4, 0.5) is 0 Å². The second kappa shape index (κ2) is 7.46. The molecule has 118 valence electrons. The summed E-state index contributed by atoms with van der Waals surface area (Å²) >= 11 is 0. The van der Waals surface area contributed by atoms with Gasteiger partial charge in [-0.05, 0) is 79.3 Å². The maximum Gasteiger partial charge on any atom is -0.00133 e. The smallest absolute Gasteiger partial charge is 0.00133 e. The van der Waals surface area contributed by atoms with Crippen LogP contribution in [0.1, 0.15) is 48.9 Å². The average molecular weight is 302 g/mol. The molecule has 1 aliphatic carbocycles. The van der Waals surface area contributed by atoms with Crippen molar-refractivity contribution in [2.24, 2.45) is 0 Å². The van der Waals surface area contributed by atoms with Crippen LogP contribution in [0.3, 0.4) is 0 Å². The highest BCUT2D eigenvalue weighted by atomic mass is 14.2. The first-order valence-corrected chi connectivity index (χ1v) is 8.78. The van der Waals surface area contributed by atoms with E-state index in [1.54, 1.807) is 0 Å². The summed E-state index contributed by atoms with van der Waals surface area (Å²) in [4.78, 5) is 0. The number of aryl methyl sites for hydroxylation is 2. The van der Waals surface area contributed by atoms with Crippen LogP contribution in [0, 0.1) is 0 Å². The molecule has 0 nitrogen and oxygen atoms in total. The van der Waals surface area contributed by atoms with Crippen molar-refractivity contribution in [3.05, 3.63) is 83.0 Å². The van der Waals surface area contributed by atoms with Crippen LogP contribution in [-0.2, 0) is 19.3 Å². The number of allylic oxidation sites excluding steroid dienone is 4. The molecule has 0 atom stereocenters. The van der Waals surface area contributed by atoms with Gasteiger partial charge in [0, 0.05) is 0 Å². The third-order valence-electron chi connectivity index (χ3n) is 4.68. The van der Waals surface area contributed by atoms with E-state index in [0.717, 1.165) is 32.1 Å². The third kappa shape index (κ3) is 3.64. The van der Waals surface area contributed by atoms with E-state index >= 15 is 0 Å². The average Bonchev–Trinajstić information content (AvgIpc) is 2.92. The molecule has 0 aromatic heterocycles. The third-order valence-corrected chi connectivity index (χ3v) is 4.68. The van der Waals surface area contributed by atoms with Gasteiger partial charge in [-0.2, -0.15) is 0 Å². The van der Waals surface area contributed by atoms with Crippen molar-refractivity contribution in [1.82, 2.24) is 0 Å². The van der Waals surface area contributed by atoms with Crippen LogP contribution in [0.5, 0.6) is 0 Å². The summed E-state index contributed by atoms with van der Waals surface area (Å²) in [6.07, 6.45) is 14.4. The number of benzene rings is 2. The minimum absolute atomic E-state index is 1.10. The van der Waals surface area contributed by atoms with E-state index in [9.17, 15) is 0 Å². The molecule has 0 unspecified atom stereocenters. The Labute approximate surface area is 140 Å².